The topological polar surface area (TPSA) is 149 Å². The number of hydrogen-bond acceptors (Lipinski definition) is 7. The molecule has 112 valence electrons. The van der Waals surface area contributed by atoms with Crippen LogP contribution in [0, 0.1) is 0 Å². The van der Waals surface area contributed by atoms with Crippen molar-refractivity contribution in [3.8, 4) is 11.6 Å². The molecule has 3 rings (SSSR count). The van der Waals surface area contributed by atoms with E-state index in [9.17, 15) is 9.59 Å². The number of carboxylic acid groups (broad SMARTS) is 1. The fourth-order valence-corrected chi connectivity index (χ4v) is 2.11. The third kappa shape index (κ3) is 1.93. The monoisotopic (exact) mass is 302 g/mol. The summed E-state index contributed by atoms with van der Waals surface area (Å²) in [5, 5.41) is 13.1. The summed E-state index contributed by atoms with van der Waals surface area (Å²) in [6, 6.07) is 0. The van der Waals surface area contributed by atoms with Crippen molar-refractivity contribution in [2.24, 2.45) is 0 Å². The van der Waals surface area contributed by atoms with Crippen molar-refractivity contribution >= 4 is 28.6 Å². The molecule has 0 aliphatic carbocycles. The van der Waals surface area contributed by atoms with E-state index in [0.29, 0.717) is 16.7 Å². The summed E-state index contributed by atoms with van der Waals surface area (Å²) in [5.41, 5.74) is 5.82. The number of aromatic amines is 1. The minimum atomic E-state index is -1.56. The third-order valence-corrected chi connectivity index (χ3v) is 3.04. The Bertz CT molecular complexity index is 896. The number of anilines is 1. The Morgan fingerprint density at radius 2 is 2.18 bits per heavy atom. The van der Waals surface area contributed by atoms with E-state index in [1.807, 2.05) is 0 Å². The standard InChI is InChI=1S/C12H10N6O4/c1-22-6-3-15-10(18-4-16-12(13)17-18)8-7(6)5(2-14-8)9(19)11(20)21/h2-4,14H,1H3,(H2,13,17)(H,20,21). The second-order valence-electron chi connectivity index (χ2n) is 4.28. The van der Waals surface area contributed by atoms with Gasteiger partial charge in [0.1, 0.15) is 12.1 Å². The molecular formula is C12H10N6O4. The summed E-state index contributed by atoms with van der Waals surface area (Å²) in [4.78, 5) is 33.5. The van der Waals surface area contributed by atoms with Gasteiger partial charge >= 0.3 is 5.97 Å². The number of carbonyl (C=O) groups excluding carboxylic acids is 1. The van der Waals surface area contributed by atoms with Gasteiger partial charge in [0, 0.05) is 6.20 Å². The maximum Gasteiger partial charge on any atom is 0.377 e. The van der Waals surface area contributed by atoms with Crippen LogP contribution in [0.2, 0.25) is 0 Å². The average Bonchev–Trinajstić information content (AvgIpc) is 3.12. The number of nitrogens with zero attached hydrogens (tertiary/aromatic N) is 4. The van der Waals surface area contributed by atoms with Crippen LogP contribution in [0.4, 0.5) is 5.95 Å². The fourth-order valence-electron chi connectivity index (χ4n) is 2.11. The molecule has 10 nitrogen and oxygen atoms in total. The summed E-state index contributed by atoms with van der Waals surface area (Å²) in [5.74, 6) is -1.99. The summed E-state index contributed by atoms with van der Waals surface area (Å²) >= 11 is 0. The smallest absolute Gasteiger partial charge is 0.377 e. The lowest BCUT2D eigenvalue weighted by Gasteiger charge is -2.06. The summed E-state index contributed by atoms with van der Waals surface area (Å²) in [6.45, 7) is 0. The van der Waals surface area contributed by atoms with Crippen LogP contribution in [0.15, 0.2) is 18.7 Å². The lowest BCUT2D eigenvalue weighted by atomic mass is 10.1. The highest BCUT2D eigenvalue weighted by atomic mass is 16.5. The van der Waals surface area contributed by atoms with E-state index in [1.165, 1.54) is 30.5 Å². The van der Waals surface area contributed by atoms with Gasteiger partial charge in [0.05, 0.1) is 29.8 Å². The Hall–Kier alpha value is -3.43. The molecule has 0 atom stereocenters. The van der Waals surface area contributed by atoms with E-state index in [4.69, 9.17) is 15.6 Å². The first-order valence-electron chi connectivity index (χ1n) is 6.02. The van der Waals surface area contributed by atoms with Crippen molar-refractivity contribution in [1.29, 1.82) is 0 Å². The number of fused-ring (bicyclic) bond motifs is 1. The van der Waals surface area contributed by atoms with Crippen LogP contribution in [-0.4, -0.2) is 48.7 Å². The molecule has 0 radical (unpaired) electrons. The Morgan fingerprint density at radius 3 is 2.77 bits per heavy atom. The van der Waals surface area contributed by atoms with Gasteiger partial charge in [-0.25, -0.2) is 14.8 Å². The molecule has 0 saturated carbocycles. The van der Waals surface area contributed by atoms with E-state index in [2.05, 4.69) is 20.1 Å². The molecule has 3 aromatic heterocycles. The molecule has 10 heteroatoms. The largest absolute Gasteiger partial charge is 0.494 e. The number of carboxylic acids is 1. The highest BCUT2D eigenvalue weighted by molar-refractivity contribution is 6.42. The lowest BCUT2D eigenvalue weighted by Crippen LogP contribution is -2.12. The number of H-pyrrole nitrogens is 1. The number of nitrogen functional groups attached to an aromatic ring is 1. The number of pyridine rings is 1. The molecule has 3 aromatic rings. The van der Waals surface area contributed by atoms with Crippen molar-refractivity contribution in [1.82, 2.24) is 24.7 Å². The van der Waals surface area contributed by atoms with Gasteiger partial charge in [-0.05, 0) is 0 Å². The van der Waals surface area contributed by atoms with Gasteiger partial charge in [0.25, 0.3) is 5.78 Å². The van der Waals surface area contributed by atoms with Crippen LogP contribution in [0.5, 0.6) is 5.75 Å². The van der Waals surface area contributed by atoms with Crippen LogP contribution in [0.1, 0.15) is 10.4 Å². The normalized spacial score (nSPS) is 10.8. The number of methoxy groups -OCH3 is 1. The number of aliphatic carboxylic acids is 1. The van der Waals surface area contributed by atoms with Crippen LogP contribution in [0.25, 0.3) is 16.7 Å². The van der Waals surface area contributed by atoms with Gasteiger partial charge in [-0.3, -0.25) is 4.79 Å². The minimum Gasteiger partial charge on any atom is -0.494 e. The molecule has 0 aliphatic heterocycles. The number of ketones is 1. The zero-order valence-corrected chi connectivity index (χ0v) is 11.3. The van der Waals surface area contributed by atoms with Crippen molar-refractivity contribution in [3.05, 3.63) is 24.3 Å². The number of hydrogen-bond donors (Lipinski definition) is 3. The molecule has 0 spiro atoms. The first-order chi connectivity index (χ1) is 10.5. The first-order valence-corrected chi connectivity index (χ1v) is 6.02. The molecule has 0 aliphatic rings. The second-order valence-corrected chi connectivity index (χ2v) is 4.28. The van der Waals surface area contributed by atoms with E-state index in [0.717, 1.165) is 0 Å². The summed E-state index contributed by atoms with van der Waals surface area (Å²) in [7, 11) is 1.39. The van der Waals surface area contributed by atoms with Crippen LogP contribution in [0.3, 0.4) is 0 Å². The molecule has 0 unspecified atom stereocenters. The first kappa shape index (κ1) is 13.5. The average molecular weight is 302 g/mol. The Labute approximate surface area is 122 Å². The zero-order valence-electron chi connectivity index (χ0n) is 11.3. The maximum absolute atomic E-state index is 11.8. The van der Waals surface area contributed by atoms with E-state index < -0.39 is 11.8 Å². The Kier molecular flexibility index (Phi) is 2.98. The van der Waals surface area contributed by atoms with Gasteiger partial charge in [-0.1, -0.05) is 0 Å². The van der Waals surface area contributed by atoms with Crippen LogP contribution >= 0.6 is 0 Å². The maximum atomic E-state index is 11.8. The molecule has 22 heavy (non-hydrogen) atoms. The predicted molar refractivity (Wildman–Crippen MR) is 73.9 cm³/mol. The van der Waals surface area contributed by atoms with Gasteiger partial charge in [0.2, 0.25) is 5.95 Å². The van der Waals surface area contributed by atoms with Crippen LogP contribution < -0.4 is 10.5 Å². The van der Waals surface area contributed by atoms with Gasteiger partial charge < -0.3 is 20.6 Å². The Morgan fingerprint density at radius 1 is 1.41 bits per heavy atom. The molecule has 0 fully saturated rings. The van der Waals surface area contributed by atoms with E-state index >= 15 is 0 Å². The molecule has 3 heterocycles. The second kappa shape index (κ2) is 4.84. The zero-order chi connectivity index (χ0) is 15.9. The molecule has 4 N–H and O–H groups in total. The van der Waals surface area contributed by atoms with Gasteiger partial charge in [-0.15, -0.1) is 5.10 Å². The number of nitrogens with one attached hydrogen (secondary N) is 1. The van der Waals surface area contributed by atoms with Crippen molar-refractivity contribution in [3.63, 3.8) is 0 Å². The molecular weight excluding hydrogens is 292 g/mol. The third-order valence-electron chi connectivity index (χ3n) is 3.04. The molecule has 0 saturated heterocycles. The van der Waals surface area contributed by atoms with E-state index in [-0.39, 0.29) is 17.3 Å². The number of ether oxygens (including phenoxy) is 1. The predicted octanol–water partition coefficient (Wildman–Crippen LogP) is 0.00170. The number of nitrogens with two attached hydrogens (primary N) is 1. The number of carbonyl (C=O) groups is 2. The molecule has 0 bridgehead atoms. The number of Topliss-reactive ketones (excluding diaryl/α,β-unsaturated/α-hetero) is 1. The summed E-state index contributed by atoms with van der Waals surface area (Å²) < 4.78 is 6.46. The van der Waals surface area contributed by atoms with Crippen molar-refractivity contribution < 1.29 is 19.4 Å². The molecule has 0 aromatic carbocycles. The van der Waals surface area contributed by atoms with Crippen molar-refractivity contribution in [2.75, 3.05) is 12.8 Å². The summed E-state index contributed by atoms with van der Waals surface area (Å²) in [6.07, 6.45) is 4.00. The highest BCUT2D eigenvalue weighted by Crippen LogP contribution is 2.31. The van der Waals surface area contributed by atoms with E-state index in [1.54, 1.807) is 0 Å². The Balaban J connectivity index is 2.30. The SMILES string of the molecule is COc1cnc(-n2cnc(N)n2)c2[nH]cc(C(=O)C(=O)O)c12. The lowest BCUT2D eigenvalue weighted by molar-refractivity contribution is -0.131. The number of aromatic nitrogens is 5. The quantitative estimate of drug-likeness (QED) is 0.450. The number of rotatable bonds is 4. The van der Waals surface area contributed by atoms with Crippen molar-refractivity contribution in [2.45, 2.75) is 0 Å². The van der Waals surface area contributed by atoms with Gasteiger partial charge in [-0.2, -0.15) is 4.68 Å². The minimum absolute atomic E-state index is 0.0314. The van der Waals surface area contributed by atoms with Crippen LogP contribution in [-0.2, 0) is 4.79 Å². The highest BCUT2D eigenvalue weighted by Gasteiger charge is 2.24. The van der Waals surface area contributed by atoms with Gasteiger partial charge in [0.15, 0.2) is 5.82 Å². The molecule has 0 amide bonds. The fraction of sp³-hybridized carbons (Fsp3) is 0.0833.